The zero-order valence-corrected chi connectivity index (χ0v) is 12.5. The Morgan fingerprint density at radius 1 is 1.39 bits per heavy atom. The predicted molar refractivity (Wildman–Crippen MR) is 79.5 cm³/mol. The Bertz CT molecular complexity index is 569. The Labute approximate surface area is 116 Å². The van der Waals surface area contributed by atoms with E-state index < -0.39 is 0 Å². The van der Waals surface area contributed by atoms with E-state index in [9.17, 15) is 0 Å². The largest absolute Gasteiger partial charge is 0.494 e. The SMILES string of the molecule is CCCc1cc(NC)c2c(Br)ccc(OC)c2n1. The third-order valence-corrected chi connectivity index (χ3v) is 3.58. The van der Waals surface area contributed by atoms with Crippen molar-refractivity contribution >= 4 is 32.5 Å². The van der Waals surface area contributed by atoms with Gasteiger partial charge in [-0.15, -0.1) is 0 Å². The van der Waals surface area contributed by atoms with Crippen LogP contribution < -0.4 is 10.1 Å². The maximum absolute atomic E-state index is 5.40. The van der Waals surface area contributed by atoms with Crippen LogP contribution in [0.15, 0.2) is 22.7 Å². The molecular formula is C14H17BrN2O. The number of aromatic nitrogens is 1. The molecule has 0 aliphatic heterocycles. The molecule has 0 bridgehead atoms. The van der Waals surface area contributed by atoms with Crippen molar-refractivity contribution in [1.29, 1.82) is 0 Å². The van der Waals surface area contributed by atoms with Crippen LogP contribution in [0.5, 0.6) is 5.75 Å². The summed E-state index contributed by atoms with van der Waals surface area (Å²) in [6, 6.07) is 6.04. The van der Waals surface area contributed by atoms with Crippen molar-refractivity contribution in [2.24, 2.45) is 0 Å². The van der Waals surface area contributed by atoms with Gasteiger partial charge < -0.3 is 10.1 Å². The van der Waals surface area contributed by atoms with E-state index in [2.05, 4.69) is 34.2 Å². The minimum Gasteiger partial charge on any atom is -0.494 e. The maximum Gasteiger partial charge on any atom is 0.145 e. The van der Waals surface area contributed by atoms with Gasteiger partial charge in [-0.05, 0) is 24.6 Å². The van der Waals surface area contributed by atoms with Gasteiger partial charge in [-0.2, -0.15) is 0 Å². The van der Waals surface area contributed by atoms with Crippen molar-refractivity contribution in [1.82, 2.24) is 4.98 Å². The first kappa shape index (κ1) is 13.1. The van der Waals surface area contributed by atoms with Gasteiger partial charge in [0.2, 0.25) is 0 Å². The number of aryl methyl sites for hydroxylation is 1. The standard InChI is InChI=1S/C14H17BrN2O/c1-4-5-9-8-11(16-2)13-10(15)6-7-12(18-3)14(13)17-9/h6-8H,4-5H2,1-3H3,(H,16,17). The lowest BCUT2D eigenvalue weighted by Gasteiger charge is -2.13. The summed E-state index contributed by atoms with van der Waals surface area (Å²) in [5.74, 6) is 0.808. The number of ether oxygens (including phenoxy) is 1. The molecule has 1 aromatic heterocycles. The third kappa shape index (κ3) is 2.29. The molecule has 2 rings (SSSR count). The molecule has 0 atom stereocenters. The molecule has 1 aromatic carbocycles. The number of rotatable bonds is 4. The molecule has 0 radical (unpaired) electrons. The van der Waals surface area contributed by atoms with E-state index in [1.54, 1.807) is 7.11 Å². The zero-order chi connectivity index (χ0) is 13.1. The first-order valence-electron chi connectivity index (χ1n) is 6.05. The van der Waals surface area contributed by atoms with Crippen molar-refractivity contribution in [2.45, 2.75) is 19.8 Å². The summed E-state index contributed by atoms with van der Waals surface area (Å²) in [6.07, 6.45) is 2.05. The molecule has 1 heterocycles. The lowest BCUT2D eigenvalue weighted by atomic mass is 10.1. The van der Waals surface area contributed by atoms with Gasteiger partial charge in [0.05, 0.1) is 7.11 Å². The number of nitrogens with zero attached hydrogens (tertiary/aromatic N) is 1. The lowest BCUT2D eigenvalue weighted by Crippen LogP contribution is -1.98. The summed E-state index contributed by atoms with van der Waals surface area (Å²) in [6.45, 7) is 2.16. The molecule has 0 spiro atoms. The van der Waals surface area contributed by atoms with Gasteiger partial charge in [0.1, 0.15) is 11.3 Å². The highest BCUT2D eigenvalue weighted by Gasteiger charge is 2.12. The minimum absolute atomic E-state index is 0.808. The summed E-state index contributed by atoms with van der Waals surface area (Å²) in [5, 5.41) is 4.30. The number of nitrogens with one attached hydrogen (secondary N) is 1. The molecule has 0 saturated heterocycles. The van der Waals surface area contributed by atoms with Crippen LogP contribution in [0.4, 0.5) is 5.69 Å². The number of anilines is 1. The molecule has 0 saturated carbocycles. The van der Waals surface area contributed by atoms with Crippen molar-refractivity contribution in [2.75, 3.05) is 19.5 Å². The topological polar surface area (TPSA) is 34.1 Å². The van der Waals surface area contributed by atoms with E-state index in [1.807, 2.05) is 19.2 Å². The highest BCUT2D eigenvalue weighted by Crippen LogP contribution is 2.35. The molecule has 0 amide bonds. The molecule has 0 unspecified atom stereocenters. The average Bonchev–Trinajstić information content (AvgIpc) is 2.38. The molecule has 2 aromatic rings. The third-order valence-electron chi connectivity index (χ3n) is 2.92. The van der Waals surface area contributed by atoms with Crippen molar-refractivity contribution < 1.29 is 4.74 Å². The lowest BCUT2D eigenvalue weighted by molar-refractivity contribution is 0.418. The number of halogens is 1. The summed E-state index contributed by atoms with van der Waals surface area (Å²) < 4.78 is 6.43. The second-order valence-corrected chi connectivity index (χ2v) is 4.99. The molecule has 96 valence electrons. The Kier molecular flexibility index (Phi) is 4.07. The fourth-order valence-corrected chi connectivity index (χ4v) is 2.61. The van der Waals surface area contributed by atoms with Crippen LogP contribution in [0.3, 0.4) is 0 Å². The number of fused-ring (bicyclic) bond motifs is 1. The molecule has 1 N–H and O–H groups in total. The molecule has 18 heavy (non-hydrogen) atoms. The first-order valence-corrected chi connectivity index (χ1v) is 6.84. The average molecular weight is 309 g/mol. The van der Waals surface area contributed by atoms with Crippen LogP contribution in [0.25, 0.3) is 10.9 Å². The number of hydrogen-bond acceptors (Lipinski definition) is 3. The van der Waals surface area contributed by atoms with Gasteiger partial charge >= 0.3 is 0 Å². The Morgan fingerprint density at radius 3 is 2.78 bits per heavy atom. The molecule has 0 fully saturated rings. The molecule has 0 aliphatic carbocycles. The van der Waals surface area contributed by atoms with Gasteiger partial charge in [0.25, 0.3) is 0 Å². The van der Waals surface area contributed by atoms with E-state index in [0.717, 1.165) is 45.3 Å². The fraction of sp³-hybridized carbons (Fsp3) is 0.357. The number of pyridine rings is 1. The van der Waals surface area contributed by atoms with E-state index in [-0.39, 0.29) is 0 Å². The summed E-state index contributed by atoms with van der Waals surface area (Å²) in [5.41, 5.74) is 3.07. The van der Waals surface area contributed by atoms with E-state index >= 15 is 0 Å². The fourth-order valence-electron chi connectivity index (χ4n) is 2.08. The number of benzene rings is 1. The monoisotopic (exact) mass is 308 g/mol. The van der Waals surface area contributed by atoms with Crippen molar-refractivity contribution in [3.63, 3.8) is 0 Å². The van der Waals surface area contributed by atoms with Crippen LogP contribution in [-0.4, -0.2) is 19.1 Å². The van der Waals surface area contributed by atoms with Gasteiger partial charge in [0, 0.05) is 28.3 Å². The second kappa shape index (κ2) is 5.57. The normalized spacial score (nSPS) is 10.7. The van der Waals surface area contributed by atoms with Gasteiger partial charge in [-0.3, -0.25) is 0 Å². The van der Waals surface area contributed by atoms with E-state index in [1.165, 1.54) is 0 Å². The van der Waals surface area contributed by atoms with E-state index in [4.69, 9.17) is 9.72 Å². The smallest absolute Gasteiger partial charge is 0.145 e. The minimum atomic E-state index is 0.808. The molecule has 4 heteroatoms. The highest BCUT2D eigenvalue weighted by atomic mass is 79.9. The number of hydrogen-bond donors (Lipinski definition) is 1. The Hall–Kier alpha value is -1.29. The van der Waals surface area contributed by atoms with Gasteiger partial charge in [-0.1, -0.05) is 29.3 Å². The number of methoxy groups -OCH3 is 1. The zero-order valence-electron chi connectivity index (χ0n) is 10.9. The maximum atomic E-state index is 5.40. The van der Waals surface area contributed by atoms with E-state index in [0.29, 0.717) is 0 Å². The van der Waals surface area contributed by atoms with Crippen molar-refractivity contribution in [3.05, 3.63) is 28.4 Å². The molecular weight excluding hydrogens is 292 g/mol. The van der Waals surface area contributed by atoms with Crippen LogP contribution in [0, 0.1) is 0 Å². The predicted octanol–water partition coefficient (Wildman–Crippen LogP) is 4.00. The molecule has 0 aliphatic rings. The van der Waals surface area contributed by atoms with Gasteiger partial charge in [-0.25, -0.2) is 4.98 Å². The van der Waals surface area contributed by atoms with Crippen LogP contribution in [0.1, 0.15) is 19.0 Å². The Morgan fingerprint density at radius 2 is 2.17 bits per heavy atom. The van der Waals surface area contributed by atoms with Crippen LogP contribution >= 0.6 is 15.9 Å². The quantitative estimate of drug-likeness (QED) is 0.927. The molecule has 3 nitrogen and oxygen atoms in total. The summed E-state index contributed by atoms with van der Waals surface area (Å²) in [7, 11) is 3.60. The van der Waals surface area contributed by atoms with Crippen LogP contribution in [-0.2, 0) is 6.42 Å². The Balaban J connectivity index is 2.77. The van der Waals surface area contributed by atoms with Crippen LogP contribution in [0.2, 0.25) is 0 Å². The van der Waals surface area contributed by atoms with Crippen molar-refractivity contribution in [3.8, 4) is 5.75 Å². The summed E-state index contributed by atoms with van der Waals surface area (Å²) in [4.78, 5) is 4.71. The first-order chi connectivity index (χ1) is 8.71. The summed E-state index contributed by atoms with van der Waals surface area (Å²) >= 11 is 3.58. The van der Waals surface area contributed by atoms with Gasteiger partial charge in [0.15, 0.2) is 0 Å². The second-order valence-electron chi connectivity index (χ2n) is 4.13. The highest BCUT2D eigenvalue weighted by molar-refractivity contribution is 9.10.